The highest BCUT2D eigenvalue weighted by Crippen LogP contribution is 2.26. The van der Waals surface area contributed by atoms with Gasteiger partial charge in [0, 0.05) is 22.8 Å². The number of hydrogen-bond donors (Lipinski definition) is 0. The van der Waals surface area contributed by atoms with Crippen molar-refractivity contribution in [2.75, 3.05) is 18.8 Å². The molecular weight excluding hydrogens is 358 g/mol. The van der Waals surface area contributed by atoms with E-state index in [1.807, 2.05) is 28.8 Å². The topological polar surface area (TPSA) is 20.3 Å². The highest BCUT2D eigenvalue weighted by atomic mass is 79.9. The second-order valence-electron chi connectivity index (χ2n) is 4.95. The van der Waals surface area contributed by atoms with E-state index in [1.54, 1.807) is 6.07 Å². The predicted molar refractivity (Wildman–Crippen MR) is 90.8 cm³/mol. The first-order chi connectivity index (χ1) is 9.61. The Hall–Kier alpha value is -0.190. The van der Waals surface area contributed by atoms with E-state index in [4.69, 9.17) is 11.6 Å². The molecule has 0 bridgehead atoms. The fraction of sp³-hybridized carbons (Fsp3) is 0.533. The molecule has 1 aromatic rings. The summed E-state index contributed by atoms with van der Waals surface area (Å²) in [6, 6.07) is 5.45. The Bertz CT molecular complexity index is 483. The summed E-state index contributed by atoms with van der Waals surface area (Å²) in [5, 5.41) is 1.08. The summed E-state index contributed by atoms with van der Waals surface area (Å²) in [7, 11) is 0. The summed E-state index contributed by atoms with van der Waals surface area (Å²) < 4.78 is 0.888. The van der Waals surface area contributed by atoms with Crippen molar-refractivity contribution in [2.24, 2.45) is 0 Å². The van der Waals surface area contributed by atoms with Crippen molar-refractivity contribution in [1.82, 2.24) is 4.90 Å². The van der Waals surface area contributed by atoms with Gasteiger partial charge in [-0.3, -0.25) is 4.79 Å². The molecule has 1 amide bonds. The minimum Gasteiger partial charge on any atom is -0.337 e. The van der Waals surface area contributed by atoms with E-state index in [0.29, 0.717) is 15.8 Å². The average molecular weight is 377 g/mol. The van der Waals surface area contributed by atoms with Crippen molar-refractivity contribution in [1.29, 1.82) is 0 Å². The highest BCUT2D eigenvalue weighted by Gasteiger charge is 2.24. The van der Waals surface area contributed by atoms with Gasteiger partial charge in [-0.05, 0) is 36.8 Å². The van der Waals surface area contributed by atoms with Crippen LogP contribution in [0.3, 0.4) is 0 Å². The Balaban J connectivity index is 2.16. The molecule has 2 rings (SSSR count). The molecule has 1 aliphatic heterocycles. The molecule has 0 saturated carbocycles. The minimum atomic E-state index is 0.0555. The second kappa shape index (κ2) is 7.71. The summed E-state index contributed by atoms with van der Waals surface area (Å²) in [5.41, 5.74) is 0.600. The van der Waals surface area contributed by atoms with Crippen molar-refractivity contribution in [3.8, 4) is 0 Å². The summed E-state index contributed by atoms with van der Waals surface area (Å²) >= 11 is 11.5. The Labute approximate surface area is 138 Å². The zero-order valence-electron chi connectivity index (χ0n) is 11.6. The van der Waals surface area contributed by atoms with E-state index in [-0.39, 0.29) is 5.91 Å². The van der Waals surface area contributed by atoms with Crippen LogP contribution in [0, 0.1) is 0 Å². The van der Waals surface area contributed by atoms with Gasteiger partial charge in [-0.25, -0.2) is 0 Å². The molecule has 0 N–H and O–H groups in total. The van der Waals surface area contributed by atoms with E-state index in [9.17, 15) is 4.79 Å². The van der Waals surface area contributed by atoms with Gasteiger partial charge >= 0.3 is 0 Å². The molecule has 2 nitrogen and oxygen atoms in total. The zero-order valence-corrected chi connectivity index (χ0v) is 14.7. The summed E-state index contributed by atoms with van der Waals surface area (Å²) in [4.78, 5) is 14.7. The normalized spacial score (nSPS) is 19.8. The first kappa shape index (κ1) is 16.2. The number of hydrogen-bond acceptors (Lipinski definition) is 2. The fourth-order valence-corrected chi connectivity index (χ4v) is 4.14. The van der Waals surface area contributed by atoms with Crippen molar-refractivity contribution < 1.29 is 4.79 Å². The Kier molecular flexibility index (Phi) is 6.24. The number of rotatable bonds is 3. The van der Waals surface area contributed by atoms with Crippen LogP contribution in [0.25, 0.3) is 0 Å². The first-order valence-corrected chi connectivity index (χ1v) is 9.19. The fourth-order valence-electron chi connectivity index (χ4n) is 2.49. The van der Waals surface area contributed by atoms with E-state index in [0.717, 1.165) is 29.7 Å². The molecule has 20 heavy (non-hydrogen) atoms. The van der Waals surface area contributed by atoms with Crippen molar-refractivity contribution in [3.05, 3.63) is 33.3 Å². The predicted octanol–water partition coefficient (Wildman–Crippen LogP) is 4.85. The van der Waals surface area contributed by atoms with E-state index in [1.165, 1.54) is 12.8 Å². The van der Waals surface area contributed by atoms with Crippen LogP contribution in [0.1, 0.15) is 36.5 Å². The largest absolute Gasteiger partial charge is 0.337 e. The van der Waals surface area contributed by atoms with Crippen LogP contribution in [-0.2, 0) is 0 Å². The van der Waals surface area contributed by atoms with Gasteiger partial charge in [0.25, 0.3) is 5.91 Å². The summed E-state index contributed by atoms with van der Waals surface area (Å²) in [6.45, 7) is 3.84. The standard InChI is InChI=1S/C15H19BrClNOS/c1-2-20-12-5-3-4-8-18(10-12)15(19)13-9-11(16)6-7-14(13)17/h6-7,9,12H,2-5,8,10H2,1H3. The van der Waals surface area contributed by atoms with E-state index in [2.05, 4.69) is 22.9 Å². The van der Waals surface area contributed by atoms with Gasteiger partial charge < -0.3 is 4.90 Å². The maximum absolute atomic E-state index is 12.7. The Morgan fingerprint density at radius 2 is 2.30 bits per heavy atom. The Morgan fingerprint density at radius 1 is 1.50 bits per heavy atom. The van der Waals surface area contributed by atoms with Crippen LogP contribution in [-0.4, -0.2) is 34.9 Å². The third-order valence-corrected chi connectivity index (χ3v) is 5.49. The molecule has 0 aromatic heterocycles. The van der Waals surface area contributed by atoms with Crippen LogP contribution in [0.15, 0.2) is 22.7 Å². The van der Waals surface area contributed by atoms with Gasteiger partial charge in [0.15, 0.2) is 0 Å². The lowest BCUT2D eigenvalue weighted by Gasteiger charge is -2.24. The maximum atomic E-state index is 12.7. The number of amides is 1. The van der Waals surface area contributed by atoms with Crippen LogP contribution in [0.2, 0.25) is 5.02 Å². The molecule has 110 valence electrons. The molecule has 0 radical (unpaired) electrons. The molecule has 1 aliphatic rings. The van der Waals surface area contributed by atoms with Gasteiger partial charge in [0.1, 0.15) is 0 Å². The van der Waals surface area contributed by atoms with Gasteiger partial charge in [-0.15, -0.1) is 0 Å². The number of likely N-dealkylation sites (tertiary alicyclic amines) is 1. The number of halogens is 2. The molecule has 5 heteroatoms. The SMILES string of the molecule is CCSC1CCCCN(C(=O)c2cc(Br)ccc2Cl)C1. The number of thioether (sulfide) groups is 1. The maximum Gasteiger partial charge on any atom is 0.255 e. The molecule has 1 saturated heterocycles. The Morgan fingerprint density at radius 3 is 3.05 bits per heavy atom. The summed E-state index contributed by atoms with van der Waals surface area (Å²) in [5.74, 6) is 1.16. The molecule has 1 unspecified atom stereocenters. The zero-order chi connectivity index (χ0) is 14.5. The minimum absolute atomic E-state index is 0.0555. The molecule has 1 aromatic carbocycles. The van der Waals surface area contributed by atoms with Gasteiger partial charge in [0.05, 0.1) is 10.6 Å². The highest BCUT2D eigenvalue weighted by molar-refractivity contribution is 9.10. The molecular formula is C15H19BrClNOS. The van der Waals surface area contributed by atoms with Gasteiger partial charge in [0.2, 0.25) is 0 Å². The quantitative estimate of drug-likeness (QED) is 0.751. The average Bonchev–Trinajstić information content (AvgIpc) is 2.67. The van der Waals surface area contributed by atoms with Crippen LogP contribution in [0.5, 0.6) is 0 Å². The van der Waals surface area contributed by atoms with Crippen molar-refractivity contribution in [2.45, 2.75) is 31.4 Å². The van der Waals surface area contributed by atoms with Crippen LogP contribution < -0.4 is 0 Å². The summed E-state index contributed by atoms with van der Waals surface area (Å²) in [6.07, 6.45) is 3.49. The molecule has 1 atom stereocenters. The van der Waals surface area contributed by atoms with Crippen LogP contribution in [0.4, 0.5) is 0 Å². The molecule has 0 aliphatic carbocycles. The third kappa shape index (κ3) is 4.15. The van der Waals surface area contributed by atoms with Crippen LogP contribution >= 0.6 is 39.3 Å². The number of benzene rings is 1. The molecule has 1 heterocycles. The van der Waals surface area contributed by atoms with Gasteiger partial charge in [-0.2, -0.15) is 11.8 Å². The smallest absolute Gasteiger partial charge is 0.255 e. The lowest BCUT2D eigenvalue weighted by Crippen LogP contribution is -2.35. The van der Waals surface area contributed by atoms with Crippen molar-refractivity contribution >= 4 is 45.2 Å². The number of carbonyl (C=O) groups is 1. The van der Waals surface area contributed by atoms with Crippen molar-refractivity contribution in [3.63, 3.8) is 0 Å². The molecule has 0 spiro atoms. The second-order valence-corrected chi connectivity index (χ2v) is 7.85. The monoisotopic (exact) mass is 375 g/mol. The number of nitrogens with zero attached hydrogens (tertiary/aromatic N) is 1. The first-order valence-electron chi connectivity index (χ1n) is 6.97. The van der Waals surface area contributed by atoms with Gasteiger partial charge in [-0.1, -0.05) is 40.9 Å². The third-order valence-electron chi connectivity index (χ3n) is 3.48. The number of carbonyl (C=O) groups excluding carboxylic acids is 1. The van der Waals surface area contributed by atoms with E-state index < -0.39 is 0 Å². The van der Waals surface area contributed by atoms with E-state index >= 15 is 0 Å². The lowest BCUT2D eigenvalue weighted by molar-refractivity contribution is 0.0763. The molecule has 1 fully saturated rings. The lowest BCUT2D eigenvalue weighted by atomic mass is 10.2.